The molecular formula is C18H18ClFN2O3. The minimum absolute atomic E-state index is 0.213. The molecule has 25 heavy (non-hydrogen) atoms. The van der Waals surface area contributed by atoms with Crippen molar-refractivity contribution < 1.29 is 18.7 Å². The van der Waals surface area contributed by atoms with Gasteiger partial charge < -0.3 is 10.1 Å². The van der Waals surface area contributed by atoms with E-state index in [1.165, 1.54) is 42.3 Å². The van der Waals surface area contributed by atoms with Crippen molar-refractivity contribution in [3.8, 4) is 0 Å². The molecule has 2 rings (SSSR count). The highest BCUT2D eigenvalue weighted by molar-refractivity contribution is 6.31. The smallest absolute Gasteiger partial charge is 0.414 e. The van der Waals surface area contributed by atoms with E-state index in [0.29, 0.717) is 16.4 Å². The summed E-state index contributed by atoms with van der Waals surface area (Å²) in [7, 11) is 1.28. The van der Waals surface area contributed by atoms with Gasteiger partial charge >= 0.3 is 6.09 Å². The van der Waals surface area contributed by atoms with Crippen molar-refractivity contribution in [1.82, 2.24) is 0 Å². The molecule has 0 bridgehead atoms. The van der Waals surface area contributed by atoms with E-state index in [1.807, 2.05) is 13.8 Å². The molecule has 0 atom stereocenters. The number of amides is 2. The minimum atomic E-state index is -0.561. The van der Waals surface area contributed by atoms with E-state index in [2.05, 4.69) is 5.32 Å². The first kappa shape index (κ1) is 18.7. The van der Waals surface area contributed by atoms with Gasteiger partial charge in [0.1, 0.15) is 5.82 Å². The van der Waals surface area contributed by atoms with Gasteiger partial charge in [0.25, 0.3) is 5.91 Å². The Kier molecular flexibility index (Phi) is 5.98. The summed E-state index contributed by atoms with van der Waals surface area (Å²) < 4.78 is 17.8. The van der Waals surface area contributed by atoms with Crippen molar-refractivity contribution in [2.45, 2.75) is 19.9 Å². The molecule has 2 aromatic rings. The number of halogens is 2. The van der Waals surface area contributed by atoms with Crippen LogP contribution in [0.3, 0.4) is 0 Å². The van der Waals surface area contributed by atoms with Crippen molar-refractivity contribution >= 4 is 35.0 Å². The highest BCUT2D eigenvalue weighted by Crippen LogP contribution is 2.31. The van der Waals surface area contributed by atoms with E-state index < -0.39 is 17.8 Å². The third-order valence-electron chi connectivity index (χ3n) is 3.46. The fraction of sp³-hybridized carbons (Fsp3) is 0.222. The summed E-state index contributed by atoms with van der Waals surface area (Å²) in [4.78, 5) is 25.9. The van der Waals surface area contributed by atoms with Gasteiger partial charge in [-0.2, -0.15) is 0 Å². The van der Waals surface area contributed by atoms with Crippen LogP contribution in [0.15, 0.2) is 42.5 Å². The Morgan fingerprint density at radius 2 is 1.80 bits per heavy atom. The summed E-state index contributed by atoms with van der Waals surface area (Å²) in [6.45, 7) is 3.63. The van der Waals surface area contributed by atoms with Crippen LogP contribution in [-0.4, -0.2) is 25.2 Å². The molecule has 7 heteroatoms. The zero-order chi connectivity index (χ0) is 18.6. The van der Waals surface area contributed by atoms with Gasteiger partial charge in [-0.3, -0.25) is 9.69 Å². The molecule has 0 heterocycles. The Labute approximate surface area is 150 Å². The lowest BCUT2D eigenvalue weighted by Crippen LogP contribution is -2.37. The predicted molar refractivity (Wildman–Crippen MR) is 95.8 cm³/mol. The molecule has 0 aliphatic rings. The number of methoxy groups -OCH3 is 1. The molecule has 5 nitrogen and oxygen atoms in total. The molecule has 0 aromatic heterocycles. The number of rotatable bonds is 4. The van der Waals surface area contributed by atoms with Crippen molar-refractivity contribution in [3.05, 3.63) is 58.9 Å². The molecule has 0 saturated carbocycles. The van der Waals surface area contributed by atoms with E-state index in [-0.39, 0.29) is 11.6 Å². The molecule has 1 N–H and O–H groups in total. The van der Waals surface area contributed by atoms with Gasteiger partial charge in [-0.05, 0) is 56.3 Å². The first-order valence-corrected chi connectivity index (χ1v) is 7.95. The van der Waals surface area contributed by atoms with E-state index in [1.54, 1.807) is 12.1 Å². The van der Waals surface area contributed by atoms with Gasteiger partial charge in [-0.15, -0.1) is 0 Å². The predicted octanol–water partition coefficient (Wildman–Crippen LogP) is 4.71. The molecule has 0 spiro atoms. The summed E-state index contributed by atoms with van der Waals surface area (Å²) in [5.41, 5.74) is 1.07. The Morgan fingerprint density at radius 1 is 1.16 bits per heavy atom. The normalized spacial score (nSPS) is 10.5. The Morgan fingerprint density at radius 3 is 2.36 bits per heavy atom. The zero-order valence-corrected chi connectivity index (χ0v) is 14.8. The largest absolute Gasteiger partial charge is 0.452 e. The number of hydrogen-bond donors (Lipinski definition) is 1. The van der Waals surface area contributed by atoms with E-state index in [4.69, 9.17) is 16.3 Å². The van der Waals surface area contributed by atoms with Crippen molar-refractivity contribution in [3.63, 3.8) is 0 Å². The van der Waals surface area contributed by atoms with Gasteiger partial charge in [-0.1, -0.05) is 11.6 Å². The second-order valence-corrected chi connectivity index (χ2v) is 5.99. The topological polar surface area (TPSA) is 58.6 Å². The lowest BCUT2D eigenvalue weighted by Gasteiger charge is -2.27. The molecule has 2 amide bonds. The maximum Gasteiger partial charge on any atom is 0.414 e. The summed E-state index contributed by atoms with van der Waals surface area (Å²) >= 11 is 6.03. The van der Waals surface area contributed by atoms with Gasteiger partial charge in [0.05, 0.1) is 18.5 Å². The van der Waals surface area contributed by atoms with Crippen molar-refractivity contribution in [2.75, 3.05) is 17.3 Å². The fourth-order valence-corrected chi connectivity index (χ4v) is 2.47. The van der Waals surface area contributed by atoms with Gasteiger partial charge in [0, 0.05) is 16.6 Å². The second kappa shape index (κ2) is 7.98. The summed E-state index contributed by atoms with van der Waals surface area (Å²) in [6, 6.07) is 9.70. The summed E-state index contributed by atoms with van der Waals surface area (Å²) in [5.74, 6) is -0.881. The summed E-state index contributed by atoms with van der Waals surface area (Å²) in [5, 5.41) is 3.10. The highest BCUT2D eigenvalue weighted by atomic mass is 35.5. The number of carbonyl (C=O) groups excluding carboxylic acids is 2. The zero-order valence-electron chi connectivity index (χ0n) is 14.0. The Balaban J connectivity index is 2.39. The van der Waals surface area contributed by atoms with Crippen LogP contribution < -0.4 is 10.2 Å². The molecule has 132 valence electrons. The van der Waals surface area contributed by atoms with E-state index in [9.17, 15) is 14.0 Å². The van der Waals surface area contributed by atoms with Crippen LogP contribution in [0.5, 0.6) is 0 Å². The molecule has 0 aliphatic carbocycles. The average molecular weight is 365 g/mol. The van der Waals surface area contributed by atoms with E-state index in [0.717, 1.165) is 0 Å². The molecule has 0 fully saturated rings. The van der Waals surface area contributed by atoms with Crippen LogP contribution in [0.2, 0.25) is 5.02 Å². The molecule has 0 aliphatic heterocycles. The van der Waals surface area contributed by atoms with Crippen molar-refractivity contribution in [2.24, 2.45) is 0 Å². The van der Waals surface area contributed by atoms with Crippen molar-refractivity contribution in [1.29, 1.82) is 0 Å². The van der Waals surface area contributed by atoms with Crippen LogP contribution in [0.25, 0.3) is 0 Å². The molecule has 0 radical (unpaired) electrons. The lowest BCUT2D eigenvalue weighted by atomic mass is 10.1. The fourth-order valence-electron chi connectivity index (χ4n) is 2.30. The number of nitrogens with zero attached hydrogens (tertiary/aromatic N) is 1. The number of carbonyl (C=O) groups is 2. The standard InChI is InChI=1S/C18H18ClFN2O3/c1-11(2)22(18(24)25-3)16-9-6-13(19)10-15(16)21-17(23)12-4-7-14(20)8-5-12/h4-11H,1-3H3,(H,21,23). The van der Waals surface area contributed by atoms with Crippen LogP contribution in [-0.2, 0) is 4.74 Å². The Bertz CT molecular complexity index is 778. The number of hydrogen-bond acceptors (Lipinski definition) is 3. The minimum Gasteiger partial charge on any atom is -0.452 e. The monoisotopic (exact) mass is 364 g/mol. The second-order valence-electron chi connectivity index (χ2n) is 5.56. The maximum atomic E-state index is 13.0. The number of benzene rings is 2. The number of ether oxygens (including phenoxy) is 1. The number of nitrogens with one attached hydrogen (secondary N) is 1. The Hall–Kier alpha value is -2.60. The quantitative estimate of drug-likeness (QED) is 0.854. The average Bonchev–Trinajstić information content (AvgIpc) is 2.57. The van der Waals surface area contributed by atoms with Gasteiger partial charge in [-0.25, -0.2) is 9.18 Å². The van der Waals surface area contributed by atoms with Crippen LogP contribution >= 0.6 is 11.6 Å². The molecule has 2 aromatic carbocycles. The number of anilines is 2. The molecular weight excluding hydrogens is 347 g/mol. The highest BCUT2D eigenvalue weighted by Gasteiger charge is 2.23. The lowest BCUT2D eigenvalue weighted by molar-refractivity contribution is 0.102. The van der Waals surface area contributed by atoms with Crippen LogP contribution in [0.1, 0.15) is 24.2 Å². The first-order chi connectivity index (χ1) is 11.8. The SMILES string of the molecule is COC(=O)N(c1ccc(Cl)cc1NC(=O)c1ccc(F)cc1)C(C)C. The maximum absolute atomic E-state index is 13.0. The van der Waals surface area contributed by atoms with E-state index >= 15 is 0 Å². The third kappa shape index (κ3) is 4.48. The van der Waals surface area contributed by atoms with Gasteiger partial charge in [0.15, 0.2) is 0 Å². The third-order valence-corrected chi connectivity index (χ3v) is 3.70. The molecule has 0 unspecified atom stereocenters. The van der Waals surface area contributed by atoms with Gasteiger partial charge in [0.2, 0.25) is 0 Å². The summed E-state index contributed by atoms with van der Waals surface area (Å²) in [6.07, 6.45) is -0.561. The van der Waals surface area contributed by atoms with Crippen LogP contribution in [0.4, 0.5) is 20.6 Å². The van der Waals surface area contributed by atoms with Crippen LogP contribution in [0, 0.1) is 5.82 Å². The first-order valence-electron chi connectivity index (χ1n) is 7.57. The molecule has 0 saturated heterocycles.